The van der Waals surface area contributed by atoms with E-state index in [-0.39, 0.29) is 39.3 Å². The van der Waals surface area contributed by atoms with Crippen LogP contribution in [0.1, 0.15) is 34.2 Å². The van der Waals surface area contributed by atoms with Gasteiger partial charge < -0.3 is 20.4 Å². The molecule has 16 bridgehead atoms. The van der Waals surface area contributed by atoms with Gasteiger partial charge in [-0.15, -0.1) is 10.2 Å². The van der Waals surface area contributed by atoms with E-state index in [2.05, 4.69) is 52.4 Å². The Labute approximate surface area is 533 Å². The number of rotatable bonds is 10. The number of carboxylic acids is 4. The van der Waals surface area contributed by atoms with Crippen LogP contribution >= 0.6 is 0 Å². The van der Waals surface area contributed by atoms with Crippen molar-refractivity contribution >= 4 is 23.9 Å². The summed E-state index contributed by atoms with van der Waals surface area (Å²) in [5.41, 5.74) is 10.7. The van der Waals surface area contributed by atoms with Gasteiger partial charge in [0.2, 0.25) is 0 Å². The molecule has 92 heavy (non-hydrogen) atoms. The molecule has 12 heterocycles. The number of carboxylic acid groups (broad SMARTS) is 4. The summed E-state index contributed by atoms with van der Waals surface area (Å²) in [6.45, 7) is 8.97. The van der Waals surface area contributed by atoms with Crippen LogP contribution in [0.2, 0.25) is 0 Å². The molecule has 6 aliphatic rings. The Morgan fingerprint density at radius 1 is 0.304 bits per heavy atom. The van der Waals surface area contributed by atoms with Crippen molar-refractivity contribution < 1.29 is 39.6 Å². The zero-order chi connectivity index (χ0) is 63.8. The third-order valence-electron chi connectivity index (χ3n) is 16.8. The molecule has 26 nitrogen and oxygen atoms in total. The standard InChI is InChI=1S/C66H78N18O8/c85-63(86)45-79-25-17-75-18-26-80(46-64(87)88)30-22-77(21-29-79)39-55-33-51(49-9-3-1-4-10-49)35-57(67-55)41-83-43-61(71-73-83)59-15-7-13-53(69-59)37-76-19-27-81(47-65(89)90)31-23-78(24-32-82(28-20-76)48-66(91)92)40-56-34-52(50-11-5-2-6-12-50)36-58(68-56)42-84-44-62(72-74-84)60-16-8-14-54(38-75)70-60/h1-16,33-36,43-44H,17-32,37-42,45-48H2,(H,85,86)(H,87,88)(H,89,90)(H,91,92). The van der Waals surface area contributed by atoms with Crippen LogP contribution < -0.4 is 0 Å². The normalized spacial score (nSPS) is 20.0. The predicted octanol–water partition coefficient (Wildman–Crippen LogP) is 3.71. The fourth-order valence-corrected chi connectivity index (χ4v) is 12.1. The molecule has 6 aliphatic heterocycles. The van der Waals surface area contributed by atoms with Crippen LogP contribution in [0.25, 0.3) is 45.0 Å². The monoisotopic (exact) mass is 1250 g/mol. The summed E-state index contributed by atoms with van der Waals surface area (Å²) >= 11 is 0. The molecule has 0 radical (unpaired) electrons. The highest BCUT2D eigenvalue weighted by atomic mass is 16.4. The van der Waals surface area contributed by atoms with Gasteiger partial charge in [-0.2, -0.15) is 0 Å². The third-order valence-corrected chi connectivity index (χ3v) is 16.8. The zero-order valence-corrected chi connectivity index (χ0v) is 51.6. The third kappa shape index (κ3) is 19.0. The van der Waals surface area contributed by atoms with Crippen molar-refractivity contribution in [3.63, 3.8) is 0 Å². The van der Waals surface area contributed by atoms with Crippen molar-refractivity contribution in [2.45, 2.75) is 39.3 Å². The van der Waals surface area contributed by atoms with Crippen LogP contribution in [-0.2, 0) is 58.4 Å². The Morgan fingerprint density at radius 3 is 0.902 bits per heavy atom. The Hall–Kier alpha value is -9.12. The van der Waals surface area contributed by atoms with Gasteiger partial charge in [0, 0.05) is 131 Å². The molecule has 480 valence electrons. The second kappa shape index (κ2) is 31.3. The van der Waals surface area contributed by atoms with Crippen LogP contribution in [0.3, 0.4) is 0 Å². The van der Waals surface area contributed by atoms with E-state index in [1.165, 1.54) is 0 Å². The van der Waals surface area contributed by atoms with Gasteiger partial charge in [0.1, 0.15) is 11.4 Å². The van der Waals surface area contributed by atoms with Gasteiger partial charge in [0.15, 0.2) is 0 Å². The summed E-state index contributed by atoms with van der Waals surface area (Å²) < 4.78 is 3.46. The van der Waals surface area contributed by atoms with E-state index in [1.54, 1.807) is 9.36 Å². The van der Waals surface area contributed by atoms with E-state index >= 15 is 0 Å². The van der Waals surface area contributed by atoms with Gasteiger partial charge >= 0.3 is 23.9 Å². The van der Waals surface area contributed by atoms with Crippen LogP contribution in [0.15, 0.2) is 134 Å². The average molecular weight is 1250 g/mol. The summed E-state index contributed by atoms with van der Waals surface area (Å²) in [6, 6.07) is 39.8. The lowest BCUT2D eigenvalue weighted by Crippen LogP contribution is -2.47. The van der Waals surface area contributed by atoms with Crippen LogP contribution in [0, 0.1) is 0 Å². The molecule has 2 fully saturated rings. The fraction of sp³-hybridized carbons (Fsp3) is 0.394. The van der Waals surface area contributed by atoms with Gasteiger partial charge in [-0.25, -0.2) is 19.3 Å². The van der Waals surface area contributed by atoms with Crippen molar-refractivity contribution in [1.82, 2.24) is 89.1 Å². The first kappa shape index (κ1) is 64.4. The summed E-state index contributed by atoms with van der Waals surface area (Å²) in [5.74, 6) is -3.72. The second-order valence-electron chi connectivity index (χ2n) is 23.8. The van der Waals surface area contributed by atoms with E-state index in [1.807, 2.05) is 141 Å². The van der Waals surface area contributed by atoms with Gasteiger partial charge in [-0.3, -0.25) is 68.3 Å². The molecule has 6 aromatic heterocycles. The number of aromatic nitrogens is 10. The lowest BCUT2D eigenvalue weighted by Gasteiger charge is -2.33. The number of benzene rings is 2. The highest BCUT2D eigenvalue weighted by Crippen LogP contribution is 2.26. The molecule has 26 heteroatoms. The number of nitrogens with zero attached hydrogens (tertiary/aromatic N) is 18. The molecular weight excluding hydrogens is 1170 g/mol. The van der Waals surface area contributed by atoms with E-state index in [0.29, 0.717) is 154 Å². The predicted molar refractivity (Wildman–Crippen MR) is 341 cm³/mol. The smallest absolute Gasteiger partial charge is 0.317 e. The summed E-state index contributed by atoms with van der Waals surface area (Å²) in [6.07, 6.45) is 3.68. The van der Waals surface area contributed by atoms with E-state index in [9.17, 15) is 39.6 Å². The largest absolute Gasteiger partial charge is 0.480 e. The van der Waals surface area contributed by atoms with Gasteiger partial charge in [0.25, 0.3) is 0 Å². The van der Waals surface area contributed by atoms with Crippen molar-refractivity contribution in [3.8, 4) is 45.0 Å². The van der Waals surface area contributed by atoms with Gasteiger partial charge in [-0.05, 0) is 70.8 Å². The lowest BCUT2D eigenvalue weighted by atomic mass is 10.0. The molecule has 14 rings (SSSR count). The number of hydrogen-bond donors (Lipinski definition) is 4. The van der Waals surface area contributed by atoms with Gasteiger partial charge in [0.05, 0.1) is 97.2 Å². The minimum atomic E-state index is -0.929. The molecular formula is C66H78N18O8. The number of pyridine rings is 4. The maximum Gasteiger partial charge on any atom is 0.317 e. The Bertz CT molecular complexity index is 3470. The van der Waals surface area contributed by atoms with Crippen LogP contribution in [-0.4, -0.2) is 264 Å². The molecule has 0 amide bonds. The maximum atomic E-state index is 12.5. The lowest BCUT2D eigenvalue weighted by molar-refractivity contribution is -0.139. The Balaban J connectivity index is 0.943. The molecule has 0 aliphatic carbocycles. The van der Waals surface area contributed by atoms with Crippen molar-refractivity contribution in [2.75, 3.05) is 131 Å². The Kier molecular flexibility index (Phi) is 21.9. The van der Waals surface area contributed by atoms with Crippen molar-refractivity contribution in [3.05, 3.63) is 168 Å². The molecule has 0 atom stereocenters. The molecule has 0 spiro atoms. The molecule has 8 aromatic rings. The first-order valence-corrected chi connectivity index (χ1v) is 31.2. The SMILES string of the molecule is O=C(O)CN1CCN2CCN(CC(=O)O)CCN(CC1)Cc1cccc(n1)-c1cn(nn1)Cc1cc(-c3ccccc3)cc(n1)CN1CCN(CC(=O)O)CCN(CCN(CC(=O)O)CC1)Cc1cccc(n1)-c1cn(nn1)Cc1cc(-c3ccccc3)cc(n1)C2. The molecule has 4 N–H and O–H groups in total. The van der Waals surface area contributed by atoms with E-state index in [0.717, 1.165) is 56.4 Å². The maximum absolute atomic E-state index is 12.5. The van der Waals surface area contributed by atoms with Crippen molar-refractivity contribution in [1.29, 1.82) is 0 Å². The fourth-order valence-electron chi connectivity index (χ4n) is 12.1. The molecule has 0 unspecified atom stereocenters. The number of hydrogen-bond acceptors (Lipinski definition) is 20. The average Bonchev–Trinajstić information content (AvgIpc) is 2.48. The van der Waals surface area contributed by atoms with Crippen LogP contribution in [0.4, 0.5) is 0 Å². The minimum Gasteiger partial charge on any atom is -0.480 e. The highest BCUT2D eigenvalue weighted by Gasteiger charge is 2.25. The first-order chi connectivity index (χ1) is 44.7. The van der Waals surface area contributed by atoms with Crippen LogP contribution in [0.5, 0.6) is 0 Å². The molecule has 0 saturated carbocycles. The van der Waals surface area contributed by atoms with Gasteiger partial charge in [-0.1, -0.05) is 83.2 Å². The highest BCUT2D eigenvalue weighted by molar-refractivity contribution is 5.70. The first-order valence-electron chi connectivity index (χ1n) is 31.2. The Morgan fingerprint density at radius 2 is 0.598 bits per heavy atom. The second-order valence-corrected chi connectivity index (χ2v) is 23.8. The van der Waals surface area contributed by atoms with E-state index < -0.39 is 23.9 Å². The number of carbonyl (C=O) groups is 4. The van der Waals surface area contributed by atoms with Crippen molar-refractivity contribution in [2.24, 2.45) is 0 Å². The summed E-state index contributed by atoms with van der Waals surface area (Å²) in [5, 5.41) is 59.1. The summed E-state index contributed by atoms with van der Waals surface area (Å²) in [4.78, 5) is 87.0. The quantitative estimate of drug-likeness (QED) is 0.152. The topological polar surface area (TPSA) is 288 Å². The summed E-state index contributed by atoms with van der Waals surface area (Å²) in [7, 11) is 0. The molecule has 2 saturated heterocycles. The number of aliphatic carboxylic acids is 4. The minimum absolute atomic E-state index is 0.157. The molecule has 2 aromatic carbocycles. The van der Waals surface area contributed by atoms with E-state index in [4.69, 9.17) is 19.9 Å². The zero-order valence-electron chi connectivity index (χ0n) is 51.6.